The zero-order valence-electron chi connectivity index (χ0n) is 21.2. The number of ether oxygens (including phenoxy) is 1. The van der Waals surface area contributed by atoms with Crippen LogP contribution in [0.25, 0.3) is 0 Å². The summed E-state index contributed by atoms with van der Waals surface area (Å²) < 4.78 is 34.3. The third-order valence-electron chi connectivity index (χ3n) is 6.34. The van der Waals surface area contributed by atoms with Crippen molar-refractivity contribution in [1.29, 1.82) is 0 Å². The monoisotopic (exact) mass is 531 g/mol. The van der Waals surface area contributed by atoms with Crippen LogP contribution < -0.4 is 10.3 Å². The second kappa shape index (κ2) is 10.2. The molecule has 1 aliphatic rings. The Hall–Kier alpha value is -3.37. The maximum atomic E-state index is 13.9. The number of nitrogens with zero attached hydrogens (tertiary/aromatic N) is 5. The van der Waals surface area contributed by atoms with Crippen molar-refractivity contribution in [2.75, 3.05) is 7.05 Å². The van der Waals surface area contributed by atoms with E-state index < -0.39 is 22.8 Å². The first-order valence-corrected chi connectivity index (χ1v) is 12.0. The molecule has 3 aromatic heterocycles. The molecule has 1 aliphatic heterocycles. The topological polar surface area (TPSA) is 93.4 Å². The molecule has 0 fully saturated rings. The predicted octanol–water partition coefficient (Wildman–Crippen LogP) is 4.60. The summed E-state index contributed by atoms with van der Waals surface area (Å²) >= 11 is 6.41. The minimum atomic E-state index is -1.20. The number of aromatic nitrogens is 4. The van der Waals surface area contributed by atoms with Crippen LogP contribution in [-0.2, 0) is 12.2 Å². The Morgan fingerprint density at radius 1 is 1.22 bits per heavy atom. The van der Waals surface area contributed by atoms with Crippen molar-refractivity contribution in [3.05, 3.63) is 92.3 Å². The van der Waals surface area contributed by atoms with Crippen LogP contribution in [0.5, 0.6) is 5.75 Å². The van der Waals surface area contributed by atoms with E-state index in [2.05, 4.69) is 15.0 Å². The smallest absolute Gasteiger partial charge is 0.273 e. The van der Waals surface area contributed by atoms with E-state index in [1.54, 1.807) is 43.7 Å². The van der Waals surface area contributed by atoms with E-state index in [1.807, 2.05) is 25.1 Å². The number of allylic oxidation sites excluding steroid dienone is 1. The van der Waals surface area contributed by atoms with Crippen LogP contribution in [0.1, 0.15) is 62.2 Å². The predicted molar refractivity (Wildman–Crippen MR) is 134 cm³/mol. The van der Waals surface area contributed by atoms with Crippen molar-refractivity contribution in [1.82, 2.24) is 24.4 Å². The second-order valence-electron chi connectivity index (χ2n) is 9.68. The third kappa shape index (κ3) is 5.50. The lowest BCUT2D eigenvalue weighted by Gasteiger charge is -2.37. The fourth-order valence-corrected chi connectivity index (χ4v) is 4.63. The number of hydrogen-bond donors (Lipinski definition) is 1. The molecule has 3 aromatic rings. The van der Waals surface area contributed by atoms with Crippen LogP contribution in [0.2, 0.25) is 5.02 Å². The van der Waals surface area contributed by atoms with Crippen molar-refractivity contribution in [2.45, 2.75) is 58.4 Å². The molecule has 0 radical (unpaired) electrons. The van der Waals surface area contributed by atoms with E-state index >= 15 is 0 Å². The Morgan fingerprint density at radius 2 is 1.95 bits per heavy atom. The van der Waals surface area contributed by atoms with E-state index in [4.69, 9.17) is 16.3 Å². The average molecular weight is 532 g/mol. The first-order chi connectivity index (χ1) is 17.4. The Balaban J connectivity index is 1.65. The standard InChI is InChI=1S/C26H28ClF2N5O3/c1-14-12-33(5)21(18-6-7-30-25(32-18)26(3,4)36)10-20(14)34-15(2)8-22(23(27)24(34)35)37-13-19-17(29)9-16(28)11-31-19/h6-9,11-12,20-21,36H,10,13H2,1-5H3/t20?,21-/m1/s1. The maximum absolute atomic E-state index is 13.9. The minimum Gasteiger partial charge on any atom is -0.485 e. The number of aliphatic hydroxyl groups is 1. The largest absolute Gasteiger partial charge is 0.485 e. The van der Waals surface area contributed by atoms with E-state index in [9.17, 15) is 18.7 Å². The molecule has 4 rings (SSSR count). The highest BCUT2D eigenvalue weighted by atomic mass is 35.5. The highest BCUT2D eigenvalue weighted by molar-refractivity contribution is 6.31. The van der Waals surface area contributed by atoms with E-state index in [0.29, 0.717) is 29.7 Å². The summed E-state index contributed by atoms with van der Waals surface area (Å²) in [7, 11) is 1.93. The summed E-state index contributed by atoms with van der Waals surface area (Å²) in [5.74, 6) is -1.25. The van der Waals surface area contributed by atoms with Crippen molar-refractivity contribution >= 4 is 11.6 Å². The fraction of sp³-hybridized carbons (Fsp3) is 0.385. The van der Waals surface area contributed by atoms with Crippen LogP contribution >= 0.6 is 11.6 Å². The SMILES string of the molecule is CC1=CN(C)[C@@H](c2ccnc(C(C)(C)O)n2)CC1n1c(C)cc(OCc2ncc(F)cc2F)c(Cl)c1=O. The molecule has 0 saturated heterocycles. The molecule has 0 bridgehead atoms. The molecule has 0 aliphatic carbocycles. The lowest BCUT2D eigenvalue weighted by Crippen LogP contribution is -2.35. The number of aryl methyl sites for hydroxylation is 1. The molecule has 4 heterocycles. The minimum absolute atomic E-state index is 0.0858. The lowest BCUT2D eigenvalue weighted by atomic mass is 9.93. The summed E-state index contributed by atoms with van der Waals surface area (Å²) in [6, 6.07) is 3.61. The van der Waals surface area contributed by atoms with Crippen LogP contribution in [-0.4, -0.2) is 36.6 Å². The molecule has 11 heteroatoms. The van der Waals surface area contributed by atoms with E-state index in [1.165, 1.54) is 0 Å². The highest BCUT2D eigenvalue weighted by Crippen LogP contribution is 2.38. The summed E-state index contributed by atoms with van der Waals surface area (Å²) in [5.41, 5.74) is 0.504. The van der Waals surface area contributed by atoms with Gasteiger partial charge < -0.3 is 19.3 Å². The first kappa shape index (κ1) is 26.7. The van der Waals surface area contributed by atoms with E-state index in [0.717, 1.165) is 11.8 Å². The molecule has 37 heavy (non-hydrogen) atoms. The molecule has 2 atom stereocenters. The van der Waals surface area contributed by atoms with Crippen LogP contribution in [0.3, 0.4) is 0 Å². The third-order valence-corrected chi connectivity index (χ3v) is 6.69. The normalized spacial score (nSPS) is 18.1. The van der Waals surface area contributed by atoms with Gasteiger partial charge in [0.05, 0.1) is 24.0 Å². The van der Waals surface area contributed by atoms with Gasteiger partial charge in [-0.1, -0.05) is 11.6 Å². The Bertz CT molecular complexity index is 1420. The molecule has 0 spiro atoms. The van der Waals surface area contributed by atoms with Crippen molar-refractivity contribution < 1.29 is 18.6 Å². The lowest BCUT2D eigenvalue weighted by molar-refractivity contribution is 0.0679. The van der Waals surface area contributed by atoms with E-state index in [-0.39, 0.29) is 35.2 Å². The molecular weight excluding hydrogens is 504 g/mol. The number of rotatable bonds is 6. The molecule has 8 nitrogen and oxygen atoms in total. The quantitative estimate of drug-likeness (QED) is 0.497. The summed E-state index contributed by atoms with van der Waals surface area (Å²) in [6.45, 7) is 6.63. The van der Waals surface area contributed by atoms with Gasteiger partial charge in [-0.15, -0.1) is 0 Å². The molecule has 0 saturated carbocycles. The van der Waals surface area contributed by atoms with Crippen molar-refractivity contribution in [3.8, 4) is 5.75 Å². The second-order valence-corrected chi connectivity index (χ2v) is 10.1. The molecule has 1 unspecified atom stereocenters. The first-order valence-electron chi connectivity index (χ1n) is 11.7. The summed E-state index contributed by atoms with van der Waals surface area (Å²) in [6.07, 6.45) is 4.98. The van der Waals surface area contributed by atoms with Gasteiger partial charge in [-0.2, -0.15) is 0 Å². The van der Waals surface area contributed by atoms with Crippen LogP contribution in [0.4, 0.5) is 8.78 Å². The Morgan fingerprint density at radius 3 is 2.62 bits per heavy atom. The van der Waals surface area contributed by atoms with Gasteiger partial charge in [0.25, 0.3) is 5.56 Å². The number of hydrogen-bond acceptors (Lipinski definition) is 7. The molecule has 196 valence electrons. The van der Waals surface area contributed by atoms with Crippen molar-refractivity contribution in [2.24, 2.45) is 0 Å². The van der Waals surface area contributed by atoms with Crippen LogP contribution in [0, 0.1) is 18.6 Å². The molecule has 1 N–H and O–H groups in total. The molecular formula is C26H28ClF2N5O3. The number of pyridine rings is 2. The van der Waals surface area contributed by atoms with Gasteiger partial charge in [-0.25, -0.2) is 18.7 Å². The zero-order valence-corrected chi connectivity index (χ0v) is 21.9. The molecule has 0 aromatic carbocycles. The van der Waals surface area contributed by atoms with Gasteiger partial charge in [-0.3, -0.25) is 9.78 Å². The average Bonchev–Trinajstić information content (AvgIpc) is 2.82. The van der Waals surface area contributed by atoms with Crippen LogP contribution in [0.15, 0.2) is 47.2 Å². The number of halogens is 3. The zero-order chi connectivity index (χ0) is 27.1. The van der Waals surface area contributed by atoms with Gasteiger partial charge in [0.2, 0.25) is 0 Å². The summed E-state index contributed by atoms with van der Waals surface area (Å²) in [4.78, 5) is 27.9. The Labute approximate surface area is 218 Å². The van der Waals surface area contributed by atoms with Gasteiger partial charge in [0.15, 0.2) is 11.6 Å². The highest BCUT2D eigenvalue weighted by Gasteiger charge is 2.32. The Kier molecular flexibility index (Phi) is 7.34. The summed E-state index contributed by atoms with van der Waals surface area (Å²) in [5, 5.41) is 10.2. The fourth-order valence-electron chi connectivity index (χ4n) is 4.43. The maximum Gasteiger partial charge on any atom is 0.273 e. The molecule has 0 amide bonds. The van der Waals surface area contributed by atoms with Gasteiger partial charge in [0.1, 0.15) is 34.5 Å². The van der Waals surface area contributed by atoms with Crippen molar-refractivity contribution in [3.63, 3.8) is 0 Å². The van der Waals surface area contributed by atoms with Gasteiger partial charge >= 0.3 is 0 Å². The van der Waals surface area contributed by atoms with Gasteiger partial charge in [0, 0.05) is 37.3 Å². The van der Waals surface area contributed by atoms with Gasteiger partial charge in [-0.05, 0) is 45.8 Å².